The number of anilines is 1. The number of ether oxygens (including phenoxy) is 2. The first-order valence-electron chi connectivity index (χ1n) is 16.8. The van der Waals surface area contributed by atoms with E-state index in [4.69, 9.17) is 32.7 Å². The maximum atomic E-state index is 15.3. The molecule has 270 valence electrons. The van der Waals surface area contributed by atoms with Crippen molar-refractivity contribution in [2.45, 2.75) is 37.0 Å². The lowest BCUT2D eigenvalue weighted by Gasteiger charge is -2.50. The Morgan fingerprint density at radius 3 is 2.37 bits per heavy atom. The highest BCUT2D eigenvalue weighted by molar-refractivity contribution is 6.36. The van der Waals surface area contributed by atoms with Crippen LogP contribution in [0.4, 0.5) is 5.69 Å². The number of imide groups is 2. The van der Waals surface area contributed by atoms with Crippen molar-refractivity contribution in [2.24, 2.45) is 23.7 Å². The quantitative estimate of drug-likeness (QED) is 0.177. The van der Waals surface area contributed by atoms with E-state index in [-0.39, 0.29) is 60.3 Å². The number of nitrogens with zero attached hydrogens (tertiary/aromatic N) is 2. The van der Waals surface area contributed by atoms with Crippen LogP contribution < -0.4 is 14.9 Å². The van der Waals surface area contributed by atoms with Crippen LogP contribution in [0.3, 0.4) is 0 Å². The average Bonchev–Trinajstić information content (AvgIpc) is 3.50. The van der Waals surface area contributed by atoms with Crippen molar-refractivity contribution in [3.63, 3.8) is 0 Å². The number of carbonyl (C=O) groups is 5. The molecule has 3 fully saturated rings. The summed E-state index contributed by atoms with van der Waals surface area (Å²) in [6.45, 7) is -0.0339. The summed E-state index contributed by atoms with van der Waals surface area (Å²) in [5, 5.41) is 21.3. The number of methoxy groups -OCH3 is 2. The number of phenolic OH excluding ortho intramolecular Hbond substituents is 1. The fraction of sp³-hybridized carbons (Fsp3) is 0.342. The third-order valence-electron chi connectivity index (χ3n) is 11.0. The van der Waals surface area contributed by atoms with Gasteiger partial charge in [0.1, 0.15) is 5.75 Å². The first-order valence-corrected chi connectivity index (χ1v) is 17.6. The molecule has 12 nitrogen and oxygen atoms in total. The summed E-state index contributed by atoms with van der Waals surface area (Å²) in [7, 11) is 2.93. The Kier molecular flexibility index (Phi) is 9.16. The lowest BCUT2D eigenvalue weighted by atomic mass is 9.49. The normalized spacial score (nSPS) is 26.5. The third kappa shape index (κ3) is 5.47. The second-order valence-corrected chi connectivity index (χ2v) is 14.3. The highest BCUT2D eigenvalue weighted by Crippen LogP contribution is 2.64. The van der Waals surface area contributed by atoms with Gasteiger partial charge in [-0.3, -0.25) is 34.3 Å². The number of hydrazine groups is 1. The predicted molar refractivity (Wildman–Crippen MR) is 189 cm³/mol. The minimum atomic E-state index is -1.58. The topological polar surface area (TPSA) is 163 Å². The molecule has 4 amide bonds. The molecule has 7 rings (SSSR count). The number of aliphatic carboxylic acids is 1. The summed E-state index contributed by atoms with van der Waals surface area (Å²) in [6, 6.07) is 16.3. The van der Waals surface area contributed by atoms with Crippen molar-refractivity contribution < 1.29 is 43.7 Å². The van der Waals surface area contributed by atoms with Gasteiger partial charge in [0, 0.05) is 23.9 Å². The Morgan fingerprint density at radius 1 is 0.942 bits per heavy atom. The van der Waals surface area contributed by atoms with Crippen molar-refractivity contribution in [2.75, 3.05) is 26.2 Å². The Balaban J connectivity index is 1.42. The highest BCUT2D eigenvalue weighted by Gasteiger charge is 2.70. The number of phenols is 1. The number of nitrogens with one attached hydrogen (secondary N) is 1. The molecule has 0 bridgehead atoms. The van der Waals surface area contributed by atoms with Crippen LogP contribution in [0, 0.1) is 23.7 Å². The molecular weight excluding hydrogens is 713 g/mol. The largest absolute Gasteiger partial charge is 0.504 e. The van der Waals surface area contributed by atoms with E-state index in [1.807, 2.05) is 6.08 Å². The maximum absolute atomic E-state index is 15.3. The number of hydrogen-bond acceptors (Lipinski definition) is 9. The van der Waals surface area contributed by atoms with Crippen LogP contribution >= 0.6 is 23.2 Å². The summed E-state index contributed by atoms with van der Waals surface area (Å²) in [5.74, 6) is -6.47. The van der Waals surface area contributed by atoms with E-state index in [1.165, 1.54) is 26.4 Å². The number of carboxylic acid groups (broad SMARTS) is 1. The summed E-state index contributed by atoms with van der Waals surface area (Å²) in [6.07, 6.45) is 2.08. The van der Waals surface area contributed by atoms with E-state index >= 15 is 4.79 Å². The van der Waals surface area contributed by atoms with Crippen LogP contribution in [0.25, 0.3) is 0 Å². The van der Waals surface area contributed by atoms with Crippen LogP contribution in [-0.4, -0.2) is 70.5 Å². The molecule has 4 aliphatic rings. The fourth-order valence-corrected chi connectivity index (χ4v) is 9.22. The monoisotopic (exact) mass is 747 g/mol. The molecule has 3 aromatic carbocycles. The minimum Gasteiger partial charge on any atom is -0.504 e. The van der Waals surface area contributed by atoms with Crippen molar-refractivity contribution in [3.8, 4) is 17.2 Å². The van der Waals surface area contributed by atoms with Gasteiger partial charge in [-0.25, -0.2) is 0 Å². The predicted octanol–water partition coefficient (Wildman–Crippen LogP) is 5.57. The number of benzene rings is 3. The minimum absolute atomic E-state index is 0.0339. The Hall–Kier alpha value is -5.07. The Morgan fingerprint density at radius 2 is 1.69 bits per heavy atom. The molecule has 6 atom stereocenters. The number of carboxylic acids is 1. The lowest BCUT2D eigenvalue weighted by molar-refractivity contribution is -0.142. The van der Waals surface area contributed by atoms with Gasteiger partial charge in [-0.1, -0.05) is 53.1 Å². The molecule has 0 aromatic heterocycles. The molecule has 0 radical (unpaired) electrons. The molecule has 2 aliphatic carbocycles. The fourth-order valence-electron chi connectivity index (χ4n) is 8.77. The van der Waals surface area contributed by atoms with Gasteiger partial charge in [-0.2, -0.15) is 5.01 Å². The number of carbonyl (C=O) groups excluding carboxylic acids is 4. The molecular formula is C38H35Cl2N3O9. The Bertz CT molecular complexity index is 2040. The van der Waals surface area contributed by atoms with Gasteiger partial charge in [0.15, 0.2) is 11.5 Å². The van der Waals surface area contributed by atoms with Crippen LogP contribution in [0.5, 0.6) is 17.2 Å². The SMILES string of the molecule is COc1ccc(C23C(=O)N(Nc4ccc(Cl)cc4Cl)C(=O)C2CC2C(=CCC4C(=O)N(CCCC(=O)O)C(=O)C42)C3c2ccc(O)c(OC)c2)cc1. The molecule has 3 N–H and O–H groups in total. The van der Waals surface area contributed by atoms with Crippen molar-refractivity contribution in [1.82, 2.24) is 9.91 Å². The summed E-state index contributed by atoms with van der Waals surface area (Å²) < 4.78 is 10.9. The number of aromatic hydroxyl groups is 1. The van der Waals surface area contributed by atoms with Crippen LogP contribution in [0.1, 0.15) is 42.7 Å². The van der Waals surface area contributed by atoms with E-state index < -0.39 is 58.7 Å². The summed E-state index contributed by atoms with van der Waals surface area (Å²) in [5.41, 5.74) is 3.42. The van der Waals surface area contributed by atoms with E-state index in [9.17, 15) is 29.4 Å². The lowest BCUT2D eigenvalue weighted by Crippen LogP contribution is -2.53. The number of likely N-dealkylation sites (tertiary alicyclic amines) is 1. The van der Waals surface area contributed by atoms with E-state index in [0.717, 1.165) is 9.91 Å². The zero-order chi connectivity index (χ0) is 37.1. The maximum Gasteiger partial charge on any atom is 0.303 e. The van der Waals surface area contributed by atoms with E-state index in [2.05, 4.69) is 5.43 Å². The van der Waals surface area contributed by atoms with Crippen molar-refractivity contribution >= 4 is 58.5 Å². The number of fused-ring (bicyclic) bond motifs is 4. The molecule has 3 aromatic rings. The summed E-state index contributed by atoms with van der Waals surface area (Å²) in [4.78, 5) is 70.4. The second-order valence-electron chi connectivity index (χ2n) is 13.5. The highest BCUT2D eigenvalue weighted by atomic mass is 35.5. The number of amides is 4. The van der Waals surface area contributed by atoms with Crippen LogP contribution in [0.15, 0.2) is 72.3 Å². The molecule has 6 unspecified atom stereocenters. The molecule has 2 heterocycles. The third-order valence-corrected chi connectivity index (χ3v) is 11.5. The average molecular weight is 749 g/mol. The number of rotatable bonds is 10. The van der Waals surface area contributed by atoms with Gasteiger partial charge in [-0.15, -0.1) is 0 Å². The van der Waals surface area contributed by atoms with Gasteiger partial charge in [0.25, 0.3) is 11.8 Å². The molecule has 2 saturated heterocycles. The first-order chi connectivity index (χ1) is 24.9. The van der Waals surface area contributed by atoms with Crippen molar-refractivity contribution in [1.29, 1.82) is 0 Å². The van der Waals surface area contributed by atoms with Gasteiger partial charge in [0.05, 0.1) is 48.1 Å². The van der Waals surface area contributed by atoms with Gasteiger partial charge < -0.3 is 19.7 Å². The van der Waals surface area contributed by atoms with E-state index in [0.29, 0.717) is 27.5 Å². The van der Waals surface area contributed by atoms with Gasteiger partial charge in [-0.05, 0) is 78.8 Å². The molecule has 52 heavy (non-hydrogen) atoms. The Labute approximate surface area is 308 Å². The number of allylic oxidation sites excluding steroid dienone is 2. The van der Waals surface area contributed by atoms with Crippen LogP contribution in [-0.2, 0) is 29.4 Å². The summed E-state index contributed by atoms with van der Waals surface area (Å²) >= 11 is 12.7. The van der Waals surface area contributed by atoms with Gasteiger partial charge in [0.2, 0.25) is 11.8 Å². The smallest absolute Gasteiger partial charge is 0.303 e. The van der Waals surface area contributed by atoms with Crippen molar-refractivity contribution in [3.05, 3.63) is 93.5 Å². The zero-order valence-corrected chi connectivity index (χ0v) is 29.7. The molecule has 2 aliphatic heterocycles. The molecule has 1 saturated carbocycles. The standard InChI is InChI=1S/C38H35Cl2N3O9/c1-51-22-9-6-20(7-10-22)38-26(35(48)43(37(38)50)41-28-13-8-21(39)17-27(28)40)18-25-23(33(38)19-5-14-29(44)30(16-19)52-2)11-12-24-32(25)36(49)42(34(24)47)15-3-4-31(45)46/h5-11,13-14,16-17,24-26,32-33,41,44H,3-4,12,15,18H2,1-2H3,(H,45,46). The molecule has 14 heteroatoms. The number of halogens is 2. The zero-order valence-electron chi connectivity index (χ0n) is 28.2. The molecule has 0 spiro atoms. The second kappa shape index (κ2) is 13.5. The number of hydrogen-bond donors (Lipinski definition) is 3. The first kappa shape index (κ1) is 35.3. The van der Waals surface area contributed by atoms with Gasteiger partial charge >= 0.3 is 5.97 Å². The van der Waals surface area contributed by atoms with Crippen LogP contribution in [0.2, 0.25) is 10.0 Å². The van der Waals surface area contributed by atoms with E-state index in [1.54, 1.807) is 48.5 Å².